The molecule has 0 spiro atoms. The van der Waals surface area contributed by atoms with Crippen molar-refractivity contribution in [2.75, 3.05) is 39.0 Å². The number of para-hydroxylation sites is 1. The van der Waals surface area contributed by atoms with Gasteiger partial charge in [0, 0.05) is 44.5 Å². The van der Waals surface area contributed by atoms with E-state index in [2.05, 4.69) is 21.6 Å². The Labute approximate surface area is 186 Å². The molecular weight excluding hydrogens is 410 g/mol. The standard InChI is InChI=1S/C23H27N5O2S/c1-27(2)21(29)15-28-12-10-17(11-13-28)24-23(30)25-18-7-5-6-16(14-18)22-26-19-8-3-4-9-20(19)31-22/h3-9,14,17H,10-13,15H2,1-2H3,(H2,24,25,30). The van der Waals surface area contributed by atoms with Crippen molar-refractivity contribution in [3.63, 3.8) is 0 Å². The molecule has 4 rings (SSSR count). The number of thiazole rings is 1. The molecule has 0 atom stereocenters. The molecule has 0 radical (unpaired) electrons. The molecule has 3 amide bonds. The molecule has 2 heterocycles. The molecule has 0 bridgehead atoms. The Morgan fingerprint density at radius 1 is 1.13 bits per heavy atom. The lowest BCUT2D eigenvalue weighted by Gasteiger charge is -2.32. The minimum absolute atomic E-state index is 0.108. The van der Waals surface area contributed by atoms with E-state index in [9.17, 15) is 9.59 Å². The lowest BCUT2D eigenvalue weighted by molar-refractivity contribution is -0.130. The molecule has 2 N–H and O–H groups in total. The Kier molecular flexibility index (Phi) is 6.48. The van der Waals surface area contributed by atoms with Gasteiger partial charge in [-0.15, -0.1) is 11.3 Å². The van der Waals surface area contributed by atoms with Crippen LogP contribution in [0.15, 0.2) is 48.5 Å². The van der Waals surface area contributed by atoms with Crippen molar-refractivity contribution in [2.24, 2.45) is 0 Å². The van der Waals surface area contributed by atoms with E-state index in [0.717, 1.165) is 52.4 Å². The number of amides is 3. The number of fused-ring (bicyclic) bond motifs is 1. The largest absolute Gasteiger partial charge is 0.348 e. The topological polar surface area (TPSA) is 77.6 Å². The van der Waals surface area contributed by atoms with Gasteiger partial charge in [0.05, 0.1) is 16.8 Å². The first-order valence-corrected chi connectivity index (χ1v) is 11.3. The molecule has 0 unspecified atom stereocenters. The summed E-state index contributed by atoms with van der Waals surface area (Å²) >= 11 is 1.64. The summed E-state index contributed by atoms with van der Waals surface area (Å²) in [4.78, 5) is 32.8. The molecule has 2 aromatic carbocycles. The lowest BCUT2D eigenvalue weighted by Crippen LogP contribution is -2.48. The highest BCUT2D eigenvalue weighted by molar-refractivity contribution is 7.21. The first-order chi connectivity index (χ1) is 15.0. The van der Waals surface area contributed by atoms with E-state index >= 15 is 0 Å². The fourth-order valence-corrected chi connectivity index (χ4v) is 4.61. The zero-order chi connectivity index (χ0) is 21.8. The van der Waals surface area contributed by atoms with Crippen molar-refractivity contribution in [2.45, 2.75) is 18.9 Å². The molecular formula is C23H27N5O2S. The molecule has 1 fully saturated rings. The number of carbonyl (C=O) groups excluding carboxylic acids is 2. The molecule has 1 aliphatic rings. The summed E-state index contributed by atoms with van der Waals surface area (Å²) < 4.78 is 1.15. The summed E-state index contributed by atoms with van der Waals surface area (Å²) in [6, 6.07) is 15.7. The van der Waals surface area contributed by atoms with E-state index in [1.54, 1.807) is 30.3 Å². The molecule has 0 saturated carbocycles. The third kappa shape index (κ3) is 5.39. The third-order valence-electron chi connectivity index (χ3n) is 5.44. The van der Waals surface area contributed by atoms with Crippen molar-refractivity contribution >= 4 is 39.2 Å². The molecule has 3 aromatic rings. The molecule has 0 aliphatic carbocycles. The molecule has 8 heteroatoms. The number of aromatic nitrogens is 1. The van der Waals surface area contributed by atoms with Gasteiger partial charge in [0.1, 0.15) is 5.01 Å². The number of likely N-dealkylation sites (N-methyl/N-ethyl adjacent to an activating group) is 1. The van der Waals surface area contributed by atoms with E-state index in [1.807, 2.05) is 42.5 Å². The van der Waals surface area contributed by atoms with Gasteiger partial charge in [-0.05, 0) is 37.1 Å². The van der Waals surface area contributed by atoms with Gasteiger partial charge in [-0.2, -0.15) is 0 Å². The van der Waals surface area contributed by atoms with E-state index in [1.165, 1.54) is 0 Å². The van der Waals surface area contributed by atoms with Crippen LogP contribution in [0.3, 0.4) is 0 Å². The van der Waals surface area contributed by atoms with Crippen molar-refractivity contribution < 1.29 is 9.59 Å². The second-order valence-electron chi connectivity index (χ2n) is 8.00. The summed E-state index contributed by atoms with van der Waals surface area (Å²) in [5.74, 6) is 0.108. The summed E-state index contributed by atoms with van der Waals surface area (Å²) in [7, 11) is 3.54. The molecule has 1 saturated heterocycles. The van der Waals surface area contributed by atoms with Crippen LogP contribution in [0.1, 0.15) is 12.8 Å². The second-order valence-corrected chi connectivity index (χ2v) is 9.04. The minimum Gasteiger partial charge on any atom is -0.348 e. The van der Waals surface area contributed by atoms with E-state index in [-0.39, 0.29) is 18.0 Å². The minimum atomic E-state index is -0.204. The van der Waals surface area contributed by atoms with Crippen molar-refractivity contribution in [1.82, 2.24) is 20.1 Å². The van der Waals surface area contributed by atoms with Crippen LogP contribution in [0, 0.1) is 0 Å². The number of nitrogens with one attached hydrogen (secondary N) is 2. The number of anilines is 1. The summed E-state index contributed by atoms with van der Waals surface area (Å²) in [5.41, 5.74) is 2.71. The number of hydrogen-bond acceptors (Lipinski definition) is 5. The van der Waals surface area contributed by atoms with Crippen molar-refractivity contribution in [1.29, 1.82) is 0 Å². The number of urea groups is 1. The van der Waals surface area contributed by atoms with Crippen LogP contribution in [0.4, 0.5) is 10.5 Å². The summed E-state index contributed by atoms with van der Waals surface area (Å²) in [6.45, 7) is 2.04. The zero-order valence-corrected chi connectivity index (χ0v) is 18.6. The van der Waals surface area contributed by atoms with Gasteiger partial charge >= 0.3 is 6.03 Å². The maximum absolute atomic E-state index is 12.5. The number of nitrogens with zero attached hydrogens (tertiary/aromatic N) is 3. The van der Waals surface area contributed by atoms with Crippen molar-refractivity contribution in [3.8, 4) is 10.6 Å². The van der Waals surface area contributed by atoms with E-state index in [4.69, 9.17) is 4.98 Å². The number of rotatable bonds is 5. The molecule has 7 nitrogen and oxygen atoms in total. The predicted octanol–water partition coefficient (Wildman–Crippen LogP) is 3.64. The van der Waals surface area contributed by atoms with Crippen LogP contribution in [0.25, 0.3) is 20.8 Å². The lowest BCUT2D eigenvalue weighted by atomic mass is 10.1. The van der Waals surface area contributed by atoms with Gasteiger partial charge in [-0.3, -0.25) is 9.69 Å². The average molecular weight is 438 g/mol. The quantitative estimate of drug-likeness (QED) is 0.639. The predicted molar refractivity (Wildman–Crippen MR) is 125 cm³/mol. The normalized spacial score (nSPS) is 15.0. The molecule has 1 aromatic heterocycles. The highest BCUT2D eigenvalue weighted by Crippen LogP contribution is 2.31. The Morgan fingerprint density at radius 3 is 2.65 bits per heavy atom. The van der Waals surface area contributed by atoms with Gasteiger partial charge in [0.15, 0.2) is 0 Å². The smallest absolute Gasteiger partial charge is 0.319 e. The van der Waals surface area contributed by atoms with Crippen molar-refractivity contribution in [3.05, 3.63) is 48.5 Å². The van der Waals surface area contributed by atoms with Crippen LogP contribution >= 0.6 is 11.3 Å². The Balaban J connectivity index is 1.31. The number of carbonyl (C=O) groups is 2. The summed E-state index contributed by atoms with van der Waals surface area (Å²) in [6.07, 6.45) is 1.67. The first kappa shape index (κ1) is 21.3. The van der Waals surface area contributed by atoms with Gasteiger partial charge in [-0.1, -0.05) is 24.3 Å². The maximum atomic E-state index is 12.5. The highest BCUT2D eigenvalue weighted by atomic mass is 32.1. The second kappa shape index (κ2) is 9.45. The molecule has 31 heavy (non-hydrogen) atoms. The Hall–Kier alpha value is -2.97. The van der Waals surface area contributed by atoms with Gasteiger partial charge in [0.25, 0.3) is 0 Å². The zero-order valence-electron chi connectivity index (χ0n) is 17.8. The maximum Gasteiger partial charge on any atom is 0.319 e. The van der Waals surface area contributed by atoms with Crippen LogP contribution in [-0.2, 0) is 4.79 Å². The fourth-order valence-electron chi connectivity index (χ4n) is 3.65. The number of hydrogen-bond donors (Lipinski definition) is 2. The van der Waals surface area contributed by atoms with E-state index < -0.39 is 0 Å². The SMILES string of the molecule is CN(C)C(=O)CN1CCC(NC(=O)Nc2cccc(-c3nc4ccccc4s3)c2)CC1. The highest BCUT2D eigenvalue weighted by Gasteiger charge is 2.22. The monoisotopic (exact) mass is 437 g/mol. The molecule has 162 valence electrons. The van der Waals surface area contributed by atoms with Crippen LogP contribution in [0.2, 0.25) is 0 Å². The average Bonchev–Trinajstić information content (AvgIpc) is 3.19. The Morgan fingerprint density at radius 2 is 1.90 bits per heavy atom. The van der Waals surface area contributed by atoms with Crippen LogP contribution in [0.5, 0.6) is 0 Å². The number of likely N-dealkylation sites (tertiary alicyclic amines) is 1. The third-order valence-corrected chi connectivity index (χ3v) is 6.53. The summed E-state index contributed by atoms with van der Waals surface area (Å²) in [5, 5.41) is 6.94. The van der Waals surface area contributed by atoms with Crippen LogP contribution < -0.4 is 10.6 Å². The Bertz CT molecular complexity index is 1040. The van der Waals surface area contributed by atoms with Crippen LogP contribution in [-0.4, -0.2) is 66.5 Å². The fraction of sp³-hybridized carbons (Fsp3) is 0.348. The van der Waals surface area contributed by atoms with Gasteiger partial charge in [0.2, 0.25) is 5.91 Å². The first-order valence-electron chi connectivity index (χ1n) is 10.4. The molecule has 1 aliphatic heterocycles. The van der Waals surface area contributed by atoms with Gasteiger partial charge in [-0.25, -0.2) is 9.78 Å². The van der Waals surface area contributed by atoms with E-state index in [0.29, 0.717) is 6.54 Å². The number of benzene rings is 2. The van der Waals surface area contributed by atoms with Gasteiger partial charge < -0.3 is 15.5 Å². The number of piperidine rings is 1.